The minimum Gasteiger partial charge on any atom is -0.481 e. The van der Waals surface area contributed by atoms with Gasteiger partial charge in [0, 0.05) is 6.42 Å². The van der Waals surface area contributed by atoms with Crippen molar-refractivity contribution in [3.8, 4) is 0 Å². The third-order valence-electron chi connectivity index (χ3n) is 3.91. The fourth-order valence-corrected chi connectivity index (χ4v) is 2.20. The molecule has 176 valence electrons. The van der Waals surface area contributed by atoms with Crippen molar-refractivity contribution in [2.24, 2.45) is 11.5 Å². The van der Waals surface area contributed by atoms with Crippen LogP contribution in [0.15, 0.2) is 0 Å². The summed E-state index contributed by atoms with van der Waals surface area (Å²) in [6.45, 7) is 0.0844. The molecule has 0 spiro atoms. The van der Waals surface area contributed by atoms with Gasteiger partial charge in [0.2, 0.25) is 23.6 Å². The van der Waals surface area contributed by atoms with E-state index in [1.54, 1.807) is 0 Å². The van der Waals surface area contributed by atoms with Crippen molar-refractivity contribution in [3.63, 3.8) is 0 Å². The van der Waals surface area contributed by atoms with Crippen LogP contribution in [-0.4, -0.2) is 92.9 Å². The van der Waals surface area contributed by atoms with Gasteiger partial charge in [-0.3, -0.25) is 24.0 Å². The number of aliphatic carboxylic acids is 2. The molecular weight excluding hydrogens is 422 g/mol. The second-order valence-electron chi connectivity index (χ2n) is 6.58. The number of amides is 4. The third kappa shape index (κ3) is 10.3. The molecule has 5 atom stereocenters. The van der Waals surface area contributed by atoms with E-state index in [2.05, 4.69) is 5.32 Å². The molecule has 0 aliphatic carbocycles. The van der Waals surface area contributed by atoms with Crippen LogP contribution in [0.3, 0.4) is 0 Å². The van der Waals surface area contributed by atoms with Crippen LogP contribution in [0.4, 0.5) is 0 Å². The molecule has 0 bridgehead atoms. The Kier molecular flexibility index (Phi) is 11.7. The molecule has 0 heterocycles. The summed E-state index contributed by atoms with van der Waals surface area (Å²) in [6, 6.07) is -6.45. The van der Waals surface area contributed by atoms with Crippen LogP contribution in [0.25, 0.3) is 0 Å². The Morgan fingerprint density at radius 2 is 1.42 bits per heavy atom. The normalized spacial score (nSPS) is 15.5. The number of carbonyl (C=O) groups excluding carboxylic acids is 4. The summed E-state index contributed by atoms with van der Waals surface area (Å²) < 4.78 is 0. The predicted octanol–water partition coefficient (Wildman–Crippen LogP) is -5.03. The van der Waals surface area contributed by atoms with E-state index in [0.29, 0.717) is 0 Å². The molecule has 0 rings (SSSR count). The maximum atomic E-state index is 12.4. The van der Waals surface area contributed by atoms with E-state index in [1.165, 1.54) is 0 Å². The highest BCUT2D eigenvalue weighted by molar-refractivity contribution is 5.95. The molecule has 0 aliphatic rings. The van der Waals surface area contributed by atoms with Crippen LogP contribution in [0.1, 0.15) is 26.2 Å². The fraction of sp³-hybridized carbons (Fsp3) is 0.625. The van der Waals surface area contributed by atoms with Crippen LogP contribution < -0.4 is 27.4 Å². The van der Waals surface area contributed by atoms with Gasteiger partial charge in [0.05, 0.1) is 25.2 Å². The molecule has 31 heavy (non-hydrogen) atoms. The lowest BCUT2D eigenvalue weighted by molar-refractivity contribution is -0.146. The van der Waals surface area contributed by atoms with Crippen molar-refractivity contribution in [1.82, 2.24) is 16.0 Å². The van der Waals surface area contributed by atoms with Crippen LogP contribution in [0.2, 0.25) is 0 Å². The van der Waals surface area contributed by atoms with Crippen molar-refractivity contribution >= 4 is 35.6 Å². The highest BCUT2D eigenvalue weighted by Gasteiger charge is 2.32. The number of aliphatic hydroxyl groups excluding tert-OH is 2. The standard InChI is InChI=1S/C16H27N5O10/c1-6(23)12(16(30)31)21-15(29)9(5-22)20-14(28)8(4-11(25)26)19-13(27)7(17)2-3-10(18)24/h6-9,12,22-23H,2-5,17H2,1H3,(H2,18,24)(H,19,27)(H,20,28)(H,21,29)(H,25,26)(H,30,31). The summed E-state index contributed by atoms with van der Waals surface area (Å²) in [5, 5.41) is 42.6. The zero-order valence-corrected chi connectivity index (χ0v) is 16.6. The first-order valence-electron chi connectivity index (χ1n) is 8.98. The number of hydrogen-bond donors (Lipinski definition) is 9. The number of carboxylic acids is 2. The predicted molar refractivity (Wildman–Crippen MR) is 101 cm³/mol. The van der Waals surface area contributed by atoms with E-state index in [0.717, 1.165) is 6.92 Å². The van der Waals surface area contributed by atoms with E-state index in [-0.39, 0.29) is 12.8 Å². The average Bonchev–Trinajstić information content (AvgIpc) is 2.66. The second-order valence-corrected chi connectivity index (χ2v) is 6.58. The van der Waals surface area contributed by atoms with E-state index in [1.807, 2.05) is 10.6 Å². The molecule has 4 amide bonds. The lowest BCUT2D eigenvalue weighted by atomic mass is 10.1. The van der Waals surface area contributed by atoms with Gasteiger partial charge in [-0.2, -0.15) is 0 Å². The first-order valence-corrected chi connectivity index (χ1v) is 8.98. The van der Waals surface area contributed by atoms with E-state index in [9.17, 15) is 39.0 Å². The number of carbonyl (C=O) groups is 6. The summed E-state index contributed by atoms with van der Waals surface area (Å²) >= 11 is 0. The zero-order valence-electron chi connectivity index (χ0n) is 16.6. The van der Waals surface area contributed by atoms with Crippen molar-refractivity contribution in [2.45, 2.75) is 56.5 Å². The molecule has 0 radical (unpaired) electrons. The van der Waals surface area contributed by atoms with Crippen molar-refractivity contribution < 1.29 is 49.2 Å². The molecule has 15 heteroatoms. The Balaban J connectivity index is 5.24. The lowest BCUT2D eigenvalue weighted by Crippen LogP contribution is -2.59. The SMILES string of the molecule is CC(O)C(NC(=O)C(CO)NC(=O)C(CC(=O)O)NC(=O)C(N)CCC(N)=O)C(=O)O. The molecule has 0 aliphatic heterocycles. The summed E-state index contributed by atoms with van der Waals surface area (Å²) in [6.07, 6.45) is -2.81. The van der Waals surface area contributed by atoms with Crippen molar-refractivity contribution in [1.29, 1.82) is 0 Å². The minimum atomic E-state index is -1.74. The number of rotatable bonds is 14. The molecule has 0 aromatic rings. The maximum Gasteiger partial charge on any atom is 0.328 e. The molecule has 11 N–H and O–H groups in total. The number of nitrogens with one attached hydrogen (secondary N) is 3. The van der Waals surface area contributed by atoms with Gasteiger partial charge in [0.1, 0.15) is 12.1 Å². The number of nitrogens with two attached hydrogens (primary N) is 2. The summed E-state index contributed by atoms with van der Waals surface area (Å²) in [5.41, 5.74) is 10.5. The van der Waals surface area contributed by atoms with Gasteiger partial charge in [0.15, 0.2) is 6.04 Å². The minimum absolute atomic E-state index is 0.166. The number of carboxylic acid groups (broad SMARTS) is 2. The van der Waals surface area contributed by atoms with E-state index >= 15 is 0 Å². The Labute approximate surface area is 176 Å². The van der Waals surface area contributed by atoms with Crippen molar-refractivity contribution in [2.75, 3.05) is 6.61 Å². The van der Waals surface area contributed by atoms with Crippen LogP contribution in [0, 0.1) is 0 Å². The molecular formula is C16H27N5O10. The monoisotopic (exact) mass is 449 g/mol. The first kappa shape index (κ1) is 27.7. The molecule has 0 fully saturated rings. The second kappa shape index (κ2) is 13.1. The smallest absolute Gasteiger partial charge is 0.328 e. The van der Waals surface area contributed by atoms with Crippen LogP contribution in [0.5, 0.6) is 0 Å². The highest BCUT2D eigenvalue weighted by atomic mass is 16.4. The largest absolute Gasteiger partial charge is 0.481 e. The molecule has 0 saturated carbocycles. The van der Waals surface area contributed by atoms with Gasteiger partial charge in [-0.15, -0.1) is 0 Å². The van der Waals surface area contributed by atoms with Crippen molar-refractivity contribution in [3.05, 3.63) is 0 Å². The van der Waals surface area contributed by atoms with E-state index in [4.69, 9.17) is 21.7 Å². The van der Waals surface area contributed by atoms with Gasteiger partial charge < -0.3 is 47.8 Å². The quantitative estimate of drug-likeness (QED) is 0.121. The molecule has 5 unspecified atom stereocenters. The molecule has 0 saturated heterocycles. The average molecular weight is 449 g/mol. The highest BCUT2D eigenvalue weighted by Crippen LogP contribution is 2.00. The first-order chi connectivity index (χ1) is 14.3. The summed E-state index contributed by atoms with van der Waals surface area (Å²) in [7, 11) is 0. The molecule has 15 nitrogen and oxygen atoms in total. The van der Waals surface area contributed by atoms with Crippen LogP contribution >= 0.6 is 0 Å². The fourth-order valence-electron chi connectivity index (χ4n) is 2.20. The van der Waals surface area contributed by atoms with Gasteiger partial charge in [-0.05, 0) is 13.3 Å². The Bertz CT molecular complexity index is 698. The molecule has 0 aromatic heterocycles. The third-order valence-corrected chi connectivity index (χ3v) is 3.91. The topological polar surface area (TPSA) is 271 Å². The number of aliphatic hydroxyl groups is 2. The summed E-state index contributed by atoms with van der Waals surface area (Å²) in [5.74, 6) is -7.12. The van der Waals surface area contributed by atoms with Gasteiger partial charge >= 0.3 is 11.9 Å². The number of primary amides is 1. The summed E-state index contributed by atoms with van der Waals surface area (Å²) in [4.78, 5) is 69.4. The Hall–Kier alpha value is -3.30. The van der Waals surface area contributed by atoms with E-state index < -0.39 is 78.9 Å². The van der Waals surface area contributed by atoms with Gasteiger partial charge in [0.25, 0.3) is 0 Å². The van der Waals surface area contributed by atoms with Gasteiger partial charge in [-0.25, -0.2) is 4.79 Å². The van der Waals surface area contributed by atoms with Crippen LogP contribution in [-0.2, 0) is 28.8 Å². The van der Waals surface area contributed by atoms with Gasteiger partial charge in [-0.1, -0.05) is 0 Å². The Morgan fingerprint density at radius 1 is 0.903 bits per heavy atom. The zero-order chi connectivity index (χ0) is 24.3. The number of hydrogen-bond acceptors (Lipinski definition) is 9. The lowest BCUT2D eigenvalue weighted by Gasteiger charge is -2.24. The maximum absolute atomic E-state index is 12.4. The Morgan fingerprint density at radius 3 is 1.84 bits per heavy atom. The molecule has 0 aromatic carbocycles.